The molecular weight excluding hydrogens is 310 g/mol. The number of halogens is 1. The van der Waals surface area contributed by atoms with Crippen molar-refractivity contribution >= 4 is 33.2 Å². The summed E-state index contributed by atoms with van der Waals surface area (Å²) in [7, 11) is 0. The van der Waals surface area contributed by atoms with Crippen molar-refractivity contribution in [3.05, 3.63) is 55.7 Å². The van der Waals surface area contributed by atoms with Crippen LogP contribution in [0.1, 0.15) is 26.4 Å². The minimum absolute atomic E-state index is 0.0258. The smallest absolute Gasteiger partial charge is 0.251 e. The van der Waals surface area contributed by atoms with E-state index in [-0.39, 0.29) is 5.91 Å². The van der Waals surface area contributed by atoms with Gasteiger partial charge in [0.05, 0.1) is 6.54 Å². The average molecular weight is 324 g/mol. The number of carbonyl (C=O) groups excluding carboxylic acids is 1. The predicted octanol–water partition coefficient (Wildman–Crippen LogP) is 4.06. The third kappa shape index (κ3) is 3.21. The van der Waals surface area contributed by atoms with E-state index in [0.717, 1.165) is 26.0 Å². The molecule has 0 saturated carbocycles. The largest absolute Gasteiger partial charge is 0.347 e. The first-order valence-electron chi connectivity index (χ1n) is 5.64. The lowest BCUT2D eigenvalue weighted by Gasteiger charge is -2.06. The van der Waals surface area contributed by atoms with E-state index in [4.69, 9.17) is 0 Å². The van der Waals surface area contributed by atoms with Gasteiger partial charge in [-0.05, 0) is 53.4 Å². The van der Waals surface area contributed by atoms with Gasteiger partial charge in [0.1, 0.15) is 0 Å². The molecule has 2 aromatic rings. The van der Waals surface area contributed by atoms with E-state index in [1.54, 1.807) is 11.3 Å². The average Bonchev–Trinajstić information content (AvgIpc) is 2.70. The Hall–Kier alpha value is -1.13. The van der Waals surface area contributed by atoms with Gasteiger partial charge in [0.25, 0.3) is 5.91 Å². The molecule has 2 rings (SSSR count). The lowest BCUT2D eigenvalue weighted by molar-refractivity contribution is 0.0951. The number of amides is 1. The highest BCUT2D eigenvalue weighted by Gasteiger charge is 2.08. The molecule has 0 unspecified atom stereocenters. The fraction of sp³-hybridized carbons (Fsp3) is 0.214. The summed E-state index contributed by atoms with van der Waals surface area (Å²) in [6, 6.07) is 7.87. The Balaban J connectivity index is 2.06. The van der Waals surface area contributed by atoms with Crippen LogP contribution in [0.4, 0.5) is 0 Å². The monoisotopic (exact) mass is 323 g/mol. The Kier molecular flexibility index (Phi) is 4.19. The van der Waals surface area contributed by atoms with Crippen LogP contribution in [0.15, 0.2) is 34.1 Å². The molecular formula is C14H14BrNOS. The summed E-state index contributed by atoms with van der Waals surface area (Å²) in [6.45, 7) is 4.56. The molecule has 0 aliphatic rings. The number of hydrogen-bond donors (Lipinski definition) is 1. The number of rotatable bonds is 3. The van der Waals surface area contributed by atoms with Crippen LogP contribution in [0.3, 0.4) is 0 Å². The first-order chi connectivity index (χ1) is 8.56. The van der Waals surface area contributed by atoms with Crippen molar-refractivity contribution in [2.75, 3.05) is 0 Å². The third-order valence-electron chi connectivity index (χ3n) is 2.58. The predicted molar refractivity (Wildman–Crippen MR) is 79.1 cm³/mol. The lowest BCUT2D eigenvalue weighted by Crippen LogP contribution is -2.22. The molecule has 0 fully saturated rings. The van der Waals surface area contributed by atoms with Crippen LogP contribution in [0.5, 0.6) is 0 Å². The van der Waals surface area contributed by atoms with Crippen molar-refractivity contribution < 1.29 is 4.79 Å². The van der Waals surface area contributed by atoms with E-state index in [0.29, 0.717) is 6.54 Å². The first-order valence-corrected chi connectivity index (χ1v) is 7.32. The Bertz CT molecular complexity index is 557. The van der Waals surface area contributed by atoms with Gasteiger partial charge in [-0.2, -0.15) is 0 Å². The standard InChI is InChI=1S/C14H14BrNOS/c1-9-5-10(2)7-11(6-9)14(17)16-8-13-12(15)3-4-18-13/h3-7H,8H2,1-2H3,(H,16,17). The van der Waals surface area contributed by atoms with E-state index >= 15 is 0 Å². The van der Waals surface area contributed by atoms with Gasteiger partial charge in [0.15, 0.2) is 0 Å². The fourth-order valence-electron chi connectivity index (χ4n) is 1.82. The molecule has 1 aromatic carbocycles. The summed E-state index contributed by atoms with van der Waals surface area (Å²) in [5.74, 6) is -0.0258. The zero-order chi connectivity index (χ0) is 13.1. The zero-order valence-electron chi connectivity index (χ0n) is 10.3. The SMILES string of the molecule is Cc1cc(C)cc(C(=O)NCc2sccc2Br)c1. The van der Waals surface area contributed by atoms with Crippen molar-refractivity contribution in [1.82, 2.24) is 5.32 Å². The summed E-state index contributed by atoms with van der Waals surface area (Å²) < 4.78 is 1.05. The van der Waals surface area contributed by atoms with Crippen molar-refractivity contribution in [2.24, 2.45) is 0 Å². The van der Waals surface area contributed by atoms with Gasteiger partial charge in [0, 0.05) is 14.9 Å². The number of aryl methyl sites for hydroxylation is 2. The van der Waals surface area contributed by atoms with Crippen LogP contribution in [0, 0.1) is 13.8 Å². The highest BCUT2D eigenvalue weighted by atomic mass is 79.9. The number of benzene rings is 1. The number of carbonyl (C=O) groups is 1. The van der Waals surface area contributed by atoms with Gasteiger partial charge in [-0.15, -0.1) is 11.3 Å². The van der Waals surface area contributed by atoms with Gasteiger partial charge in [-0.25, -0.2) is 0 Å². The van der Waals surface area contributed by atoms with Gasteiger partial charge in [-0.1, -0.05) is 17.2 Å². The summed E-state index contributed by atoms with van der Waals surface area (Å²) in [6.07, 6.45) is 0. The highest BCUT2D eigenvalue weighted by molar-refractivity contribution is 9.10. The van der Waals surface area contributed by atoms with Crippen LogP contribution >= 0.6 is 27.3 Å². The normalized spacial score (nSPS) is 10.4. The van der Waals surface area contributed by atoms with Crippen LogP contribution in [0.25, 0.3) is 0 Å². The summed E-state index contributed by atoms with van der Waals surface area (Å²) in [5.41, 5.74) is 2.94. The molecule has 1 heterocycles. The molecule has 1 aromatic heterocycles. The Labute approximate surface area is 119 Å². The van der Waals surface area contributed by atoms with Crippen molar-refractivity contribution in [3.63, 3.8) is 0 Å². The molecule has 18 heavy (non-hydrogen) atoms. The maximum atomic E-state index is 12.0. The van der Waals surface area contributed by atoms with Crippen molar-refractivity contribution in [1.29, 1.82) is 0 Å². The second-order valence-corrected chi connectivity index (χ2v) is 6.11. The molecule has 2 nitrogen and oxygen atoms in total. The second-order valence-electron chi connectivity index (χ2n) is 4.25. The van der Waals surface area contributed by atoms with Crippen LogP contribution < -0.4 is 5.32 Å². The highest BCUT2D eigenvalue weighted by Crippen LogP contribution is 2.22. The zero-order valence-corrected chi connectivity index (χ0v) is 12.7. The van der Waals surface area contributed by atoms with Crippen LogP contribution in [0.2, 0.25) is 0 Å². The molecule has 0 aliphatic heterocycles. The van der Waals surface area contributed by atoms with Crippen LogP contribution in [-0.2, 0) is 6.54 Å². The number of hydrogen-bond acceptors (Lipinski definition) is 2. The number of thiophene rings is 1. The van der Waals surface area contributed by atoms with E-state index in [1.807, 2.05) is 37.4 Å². The molecule has 0 radical (unpaired) electrons. The van der Waals surface area contributed by atoms with E-state index in [2.05, 4.69) is 27.3 Å². The molecule has 0 spiro atoms. The maximum Gasteiger partial charge on any atom is 0.251 e. The van der Waals surface area contributed by atoms with Gasteiger partial charge >= 0.3 is 0 Å². The second kappa shape index (κ2) is 5.67. The van der Waals surface area contributed by atoms with Crippen LogP contribution in [-0.4, -0.2) is 5.91 Å². The Morgan fingerprint density at radius 3 is 2.50 bits per heavy atom. The Morgan fingerprint density at radius 1 is 1.28 bits per heavy atom. The van der Waals surface area contributed by atoms with Crippen molar-refractivity contribution in [3.8, 4) is 0 Å². The molecule has 0 atom stereocenters. The van der Waals surface area contributed by atoms with E-state index in [9.17, 15) is 4.79 Å². The molecule has 1 N–H and O–H groups in total. The lowest BCUT2D eigenvalue weighted by atomic mass is 10.1. The molecule has 0 aliphatic carbocycles. The third-order valence-corrected chi connectivity index (χ3v) is 4.51. The minimum Gasteiger partial charge on any atom is -0.347 e. The fourth-order valence-corrected chi connectivity index (χ4v) is 3.25. The number of nitrogens with one attached hydrogen (secondary N) is 1. The van der Waals surface area contributed by atoms with Gasteiger partial charge in [0.2, 0.25) is 0 Å². The first kappa shape index (κ1) is 13.3. The van der Waals surface area contributed by atoms with Gasteiger partial charge < -0.3 is 5.32 Å². The molecule has 0 bridgehead atoms. The summed E-state index contributed by atoms with van der Waals surface area (Å²) >= 11 is 5.09. The molecule has 0 saturated heterocycles. The van der Waals surface area contributed by atoms with E-state index < -0.39 is 0 Å². The Morgan fingerprint density at radius 2 is 1.94 bits per heavy atom. The minimum atomic E-state index is -0.0258. The molecule has 94 valence electrons. The summed E-state index contributed by atoms with van der Waals surface area (Å²) in [4.78, 5) is 13.2. The maximum absolute atomic E-state index is 12.0. The van der Waals surface area contributed by atoms with Gasteiger partial charge in [-0.3, -0.25) is 4.79 Å². The van der Waals surface area contributed by atoms with Crippen molar-refractivity contribution in [2.45, 2.75) is 20.4 Å². The topological polar surface area (TPSA) is 29.1 Å². The summed E-state index contributed by atoms with van der Waals surface area (Å²) in [5, 5.41) is 4.94. The molecule has 1 amide bonds. The van der Waals surface area contributed by atoms with E-state index in [1.165, 1.54) is 0 Å². The molecule has 4 heteroatoms. The quantitative estimate of drug-likeness (QED) is 0.906.